The summed E-state index contributed by atoms with van der Waals surface area (Å²) < 4.78 is 9.67. The van der Waals surface area contributed by atoms with E-state index in [-0.39, 0.29) is 11.6 Å². The minimum atomic E-state index is 0.0119. The van der Waals surface area contributed by atoms with E-state index in [0.717, 1.165) is 38.4 Å². The number of nitrogens with zero attached hydrogens (tertiary/aromatic N) is 4. The average Bonchev–Trinajstić information content (AvgIpc) is 3.18. The molecule has 1 aliphatic rings. The molecule has 3 heterocycles. The Kier molecular flexibility index (Phi) is 5.06. The number of aromatic nitrogens is 4. The molecular weight excluding hydrogens is 302 g/mol. The van der Waals surface area contributed by atoms with Crippen molar-refractivity contribution in [3.8, 4) is 0 Å². The third-order valence-corrected chi connectivity index (χ3v) is 4.72. The van der Waals surface area contributed by atoms with Gasteiger partial charge in [-0.25, -0.2) is 4.98 Å². The minimum absolute atomic E-state index is 0.0119. The van der Waals surface area contributed by atoms with Crippen LogP contribution >= 0.6 is 0 Å². The highest BCUT2D eigenvalue weighted by Crippen LogP contribution is 2.29. The summed E-state index contributed by atoms with van der Waals surface area (Å²) in [5, 5.41) is 8.22. The van der Waals surface area contributed by atoms with Gasteiger partial charge in [0.1, 0.15) is 5.82 Å². The molecule has 24 heavy (non-hydrogen) atoms. The van der Waals surface area contributed by atoms with Gasteiger partial charge < -0.3 is 14.6 Å². The molecule has 0 spiro atoms. The number of ether oxygens (including phenoxy) is 1. The smallest absolute Gasteiger partial charge is 0.125 e. The molecule has 0 aromatic carbocycles. The predicted octanol–water partition coefficient (Wildman–Crippen LogP) is 2.63. The van der Waals surface area contributed by atoms with Crippen molar-refractivity contribution in [2.75, 3.05) is 13.2 Å². The summed E-state index contributed by atoms with van der Waals surface area (Å²) in [5.41, 5.74) is 1.22. The van der Waals surface area contributed by atoms with E-state index in [9.17, 15) is 0 Å². The van der Waals surface area contributed by atoms with Crippen molar-refractivity contribution in [1.29, 1.82) is 0 Å². The Bertz CT molecular complexity index is 648. The predicted molar refractivity (Wildman–Crippen MR) is 93.6 cm³/mol. The number of rotatable bonds is 5. The first kappa shape index (κ1) is 17.2. The van der Waals surface area contributed by atoms with Crippen molar-refractivity contribution in [2.45, 2.75) is 51.7 Å². The normalized spacial score (nSPS) is 18.0. The van der Waals surface area contributed by atoms with Gasteiger partial charge in [-0.15, -0.1) is 0 Å². The maximum atomic E-state index is 5.53. The Morgan fingerprint density at radius 3 is 2.67 bits per heavy atom. The van der Waals surface area contributed by atoms with E-state index < -0.39 is 0 Å². The molecule has 132 valence electrons. The molecule has 6 nitrogen and oxygen atoms in total. The van der Waals surface area contributed by atoms with Crippen molar-refractivity contribution in [3.63, 3.8) is 0 Å². The SMILES string of the molecule is Cn1ccnc1[C@@H](NCc1cnn(C(C)(C)C)c1)C1CCOCC1. The van der Waals surface area contributed by atoms with Gasteiger partial charge in [0.15, 0.2) is 0 Å². The molecule has 1 atom stereocenters. The Morgan fingerprint density at radius 1 is 1.33 bits per heavy atom. The molecule has 6 heteroatoms. The van der Waals surface area contributed by atoms with Crippen LogP contribution in [0.2, 0.25) is 0 Å². The molecule has 0 amide bonds. The maximum Gasteiger partial charge on any atom is 0.125 e. The Hall–Kier alpha value is -1.66. The van der Waals surface area contributed by atoms with E-state index in [0.29, 0.717) is 5.92 Å². The van der Waals surface area contributed by atoms with Gasteiger partial charge in [0, 0.05) is 51.0 Å². The number of aryl methyl sites for hydroxylation is 1. The summed E-state index contributed by atoms with van der Waals surface area (Å²) in [6.45, 7) is 8.97. The first-order valence-electron chi connectivity index (χ1n) is 8.77. The van der Waals surface area contributed by atoms with Crippen molar-refractivity contribution in [1.82, 2.24) is 24.6 Å². The molecule has 3 rings (SSSR count). The van der Waals surface area contributed by atoms with Crippen molar-refractivity contribution < 1.29 is 4.74 Å². The van der Waals surface area contributed by atoms with Crippen LogP contribution < -0.4 is 5.32 Å². The summed E-state index contributed by atoms with van der Waals surface area (Å²) in [4.78, 5) is 4.59. The summed E-state index contributed by atoms with van der Waals surface area (Å²) in [5.74, 6) is 1.66. The summed E-state index contributed by atoms with van der Waals surface area (Å²) in [6, 6.07) is 0.242. The fraction of sp³-hybridized carbons (Fsp3) is 0.667. The number of imidazole rings is 1. The monoisotopic (exact) mass is 331 g/mol. The molecule has 0 saturated carbocycles. The van der Waals surface area contributed by atoms with E-state index in [4.69, 9.17) is 4.74 Å². The largest absolute Gasteiger partial charge is 0.381 e. The molecule has 1 fully saturated rings. The lowest BCUT2D eigenvalue weighted by molar-refractivity contribution is 0.0518. The van der Waals surface area contributed by atoms with E-state index >= 15 is 0 Å². The van der Waals surface area contributed by atoms with Crippen LogP contribution in [0.1, 0.15) is 51.0 Å². The van der Waals surface area contributed by atoms with Gasteiger partial charge >= 0.3 is 0 Å². The molecule has 0 unspecified atom stereocenters. The van der Waals surface area contributed by atoms with Gasteiger partial charge in [-0.2, -0.15) is 5.10 Å². The van der Waals surface area contributed by atoms with Crippen LogP contribution in [0.4, 0.5) is 0 Å². The van der Waals surface area contributed by atoms with Gasteiger partial charge in [-0.1, -0.05) is 0 Å². The topological polar surface area (TPSA) is 56.9 Å². The lowest BCUT2D eigenvalue weighted by atomic mass is 9.91. The van der Waals surface area contributed by atoms with Crippen LogP contribution in [0, 0.1) is 5.92 Å². The van der Waals surface area contributed by atoms with Crippen molar-refractivity contribution in [2.24, 2.45) is 13.0 Å². The number of nitrogens with one attached hydrogen (secondary N) is 1. The van der Waals surface area contributed by atoms with E-state index in [1.54, 1.807) is 0 Å². The van der Waals surface area contributed by atoms with E-state index in [2.05, 4.69) is 54.0 Å². The zero-order valence-corrected chi connectivity index (χ0v) is 15.2. The van der Waals surface area contributed by atoms with Crippen LogP contribution in [-0.2, 0) is 23.9 Å². The zero-order chi connectivity index (χ0) is 17.2. The molecule has 1 N–H and O–H groups in total. The lowest BCUT2D eigenvalue weighted by Crippen LogP contribution is -2.33. The van der Waals surface area contributed by atoms with Crippen LogP contribution in [0.25, 0.3) is 0 Å². The molecule has 2 aromatic rings. The van der Waals surface area contributed by atoms with E-state index in [1.807, 2.05) is 23.3 Å². The molecule has 1 aliphatic heterocycles. The van der Waals surface area contributed by atoms with Crippen molar-refractivity contribution >= 4 is 0 Å². The third-order valence-electron chi connectivity index (χ3n) is 4.72. The highest BCUT2D eigenvalue weighted by molar-refractivity contribution is 5.08. The second kappa shape index (κ2) is 7.07. The first-order valence-corrected chi connectivity index (χ1v) is 8.77. The highest BCUT2D eigenvalue weighted by atomic mass is 16.5. The molecule has 1 saturated heterocycles. The molecule has 0 bridgehead atoms. The van der Waals surface area contributed by atoms with Crippen molar-refractivity contribution in [3.05, 3.63) is 36.2 Å². The van der Waals surface area contributed by atoms with Crippen LogP contribution in [0.3, 0.4) is 0 Å². The minimum Gasteiger partial charge on any atom is -0.381 e. The molecule has 0 aliphatic carbocycles. The first-order chi connectivity index (χ1) is 11.4. The standard InChI is InChI=1S/C18H29N5O/c1-18(2,3)23-13-14(12-21-23)11-20-16(15-5-9-24-10-6-15)17-19-7-8-22(17)4/h7-8,12-13,15-16,20H,5-6,9-11H2,1-4H3/t16-/m0/s1. The van der Waals surface area contributed by atoms with Gasteiger partial charge in [0.25, 0.3) is 0 Å². The number of hydrogen-bond donors (Lipinski definition) is 1. The van der Waals surface area contributed by atoms with E-state index in [1.165, 1.54) is 5.56 Å². The second-order valence-electron chi connectivity index (χ2n) is 7.67. The van der Waals surface area contributed by atoms with Crippen LogP contribution in [0.5, 0.6) is 0 Å². The van der Waals surface area contributed by atoms with Gasteiger partial charge in [0.05, 0.1) is 17.8 Å². The third kappa shape index (κ3) is 3.87. The quantitative estimate of drug-likeness (QED) is 0.915. The Balaban J connectivity index is 1.72. The molecular formula is C18H29N5O. The van der Waals surface area contributed by atoms with Crippen LogP contribution in [-0.4, -0.2) is 32.5 Å². The second-order valence-corrected chi connectivity index (χ2v) is 7.67. The summed E-state index contributed by atoms with van der Waals surface area (Å²) in [7, 11) is 2.06. The van der Waals surface area contributed by atoms with Crippen LogP contribution in [0.15, 0.2) is 24.8 Å². The Morgan fingerprint density at radius 2 is 2.08 bits per heavy atom. The molecule has 2 aromatic heterocycles. The highest BCUT2D eigenvalue weighted by Gasteiger charge is 2.28. The molecule has 0 radical (unpaired) electrons. The lowest BCUT2D eigenvalue weighted by Gasteiger charge is -2.30. The zero-order valence-electron chi connectivity index (χ0n) is 15.2. The maximum absolute atomic E-state index is 5.53. The summed E-state index contributed by atoms with van der Waals surface area (Å²) >= 11 is 0. The van der Waals surface area contributed by atoms with Gasteiger partial charge in [-0.3, -0.25) is 4.68 Å². The average molecular weight is 331 g/mol. The summed E-state index contributed by atoms with van der Waals surface area (Å²) in [6.07, 6.45) is 10.1. The fourth-order valence-corrected chi connectivity index (χ4v) is 3.24. The fourth-order valence-electron chi connectivity index (χ4n) is 3.24. The Labute approximate surface area is 144 Å². The van der Waals surface area contributed by atoms with Gasteiger partial charge in [0.2, 0.25) is 0 Å². The number of hydrogen-bond acceptors (Lipinski definition) is 4. The van der Waals surface area contributed by atoms with Gasteiger partial charge in [-0.05, 0) is 39.5 Å².